The number of nitrogens with zero attached hydrogens (tertiary/aromatic N) is 2. The van der Waals surface area contributed by atoms with Crippen LogP contribution < -0.4 is 0 Å². The third-order valence-electron chi connectivity index (χ3n) is 5.32. The Kier molecular flexibility index (Phi) is 6.75. The van der Waals surface area contributed by atoms with Gasteiger partial charge in [-0.15, -0.1) is 0 Å². The number of carbonyl (C=O) groups is 1. The summed E-state index contributed by atoms with van der Waals surface area (Å²) in [6.45, 7) is 7.20. The molecule has 0 aliphatic heterocycles. The van der Waals surface area contributed by atoms with Gasteiger partial charge in [-0.2, -0.15) is 0 Å². The largest absolute Gasteiger partial charge is 0.345 e. The van der Waals surface area contributed by atoms with E-state index in [1.54, 1.807) is 23.1 Å². The van der Waals surface area contributed by atoms with Crippen molar-refractivity contribution in [3.8, 4) is 0 Å². The Hall–Kier alpha value is -2.59. The number of benzene rings is 2. The summed E-state index contributed by atoms with van der Waals surface area (Å²) in [4.78, 5) is 15.0. The molecule has 0 saturated heterocycles. The first-order valence-electron chi connectivity index (χ1n) is 9.80. The maximum Gasteiger partial charge on any atom is 0.257 e. The first-order valence-corrected chi connectivity index (χ1v) is 10.2. The van der Waals surface area contributed by atoms with Crippen LogP contribution in [0.5, 0.6) is 0 Å². The molecular formula is C24H26ClFN2O. The molecule has 0 fully saturated rings. The van der Waals surface area contributed by atoms with Gasteiger partial charge in [0, 0.05) is 29.5 Å². The molecule has 3 nitrogen and oxygen atoms in total. The minimum Gasteiger partial charge on any atom is -0.345 e. The predicted octanol–water partition coefficient (Wildman–Crippen LogP) is 6.02. The summed E-state index contributed by atoms with van der Waals surface area (Å²) in [5, 5.41) is 0.695. The second-order valence-corrected chi connectivity index (χ2v) is 8.09. The molecule has 1 unspecified atom stereocenters. The Balaban J connectivity index is 1.88. The average Bonchev–Trinajstić information content (AvgIpc) is 3.12. The summed E-state index contributed by atoms with van der Waals surface area (Å²) in [6, 6.07) is 17.8. The van der Waals surface area contributed by atoms with Crippen molar-refractivity contribution in [2.75, 3.05) is 0 Å². The zero-order valence-corrected chi connectivity index (χ0v) is 17.7. The molecule has 29 heavy (non-hydrogen) atoms. The highest BCUT2D eigenvalue weighted by molar-refractivity contribution is 6.30. The topological polar surface area (TPSA) is 25.2 Å². The SMILES string of the molecule is CC(C)C(C)N(Cc1cccn1Cc1cccc(Cl)c1)C(=O)c1ccccc1F. The van der Waals surface area contributed by atoms with Crippen molar-refractivity contribution in [3.05, 3.63) is 94.5 Å². The minimum absolute atomic E-state index is 0.0448. The monoisotopic (exact) mass is 412 g/mol. The highest BCUT2D eigenvalue weighted by Gasteiger charge is 2.26. The average molecular weight is 413 g/mol. The lowest BCUT2D eigenvalue weighted by Gasteiger charge is -2.32. The van der Waals surface area contributed by atoms with Crippen LogP contribution >= 0.6 is 11.6 Å². The summed E-state index contributed by atoms with van der Waals surface area (Å²) in [7, 11) is 0. The normalized spacial score (nSPS) is 12.2. The van der Waals surface area contributed by atoms with Gasteiger partial charge in [0.05, 0.1) is 12.1 Å². The molecule has 3 rings (SSSR count). The van der Waals surface area contributed by atoms with Crippen LogP contribution in [0.2, 0.25) is 5.02 Å². The van der Waals surface area contributed by atoms with E-state index < -0.39 is 5.82 Å². The third kappa shape index (κ3) is 5.07. The van der Waals surface area contributed by atoms with Gasteiger partial charge in [-0.25, -0.2) is 4.39 Å². The fraction of sp³-hybridized carbons (Fsp3) is 0.292. The van der Waals surface area contributed by atoms with Crippen molar-refractivity contribution in [2.45, 2.75) is 39.9 Å². The zero-order valence-electron chi connectivity index (χ0n) is 17.0. The number of hydrogen-bond acceptors (Lipinski definition) is 1. The van der Waals surface area contributed by atoms with Crippen LogP contribution in [0.3, 0.4) is 0 Å². The Bertz CT molecular complexity index is 982. The second-order valence-electron chi connectivity index (χ2n) is 7.65. The van der Waals surface area contributed by atoms with Gasteiger partial charge in [-0.05, 0) is 54.8 Å². The molecule has 0 aliphatic rings. The summed E-state index contributed by atoms with van der Waals surface area (Å²) in [5.74, 6) is -0.547. The van der Waals surface area contributed by atoms with Crippen molar-refractivity contribution in [1.82, 2.24) is 9.47 Å². The second kappa shape index (κ2) is 9.27. The number of halogens is 2. The number of hydrogen-bond donors (Lipinski definition) is 0. The highest BCUT2D eigenvalue weighted by Crippen LogP contribution is 2.21. The van der Waals surface area contributed by atoms with E-state index in [0.717, 1.165) is 11.3 Å². The molecule has 0 saturated carbocycles. The van der Waals surface area contributed by atoms with E-state index >= 15 is 0 Å². The molecule has 1 aromatic heterocycles. The van der Waals surface area contributed by atoms with Crippen LogP contribution in [0.1, 0.15) is 42.4 Å². The molecule has 0 spiro atoms. The van der Waals surface area contributed by atoms with E-state index in [-0.39, 0.29) is 23.4 Å². The van der Waals surface area contributed by atoms with Crippen molar-refractivity contribution >= 4 is 17.5 Å². The maximum atomic E-state index is 14.3. The van der Waals surface area contributed by atoms with Gasteiger partial charge >= 0.3 is 0 Å². The van der Waals surface area contributed by atoms with Gasteiger partial charge in [-0.3, -0.25) is 4.79 Å². The molecule has 1 atom stereocenters. The molecule has 0 N–H and O–H groups in total. The first kappa shape index (κ1) is 21.1. The first-order chi connectivity index (χ1) is 13.9. The number of amides is 1. The van der Waals surface area contributed by atoms with Crippen molar-refractivity contribution in [2.24, 2.45) is 5.92 Å². The fourth-order valence-corrected chi connectivity index (χ4v) is 3.52. The fourth-order valence-electron chi connectivity index (χ4n) is 3.30. The van der Waals surface area contributed by atoms with Gasteiger partial charge in [0.25, 0.3) is 5.91 Å². The molecule has 0 aliphatic carbocycles. The molecule has 152 valence electrons. The number of aromatic nitrogens is 1. The lowest BCUT2D eigenvalue weighted by molar-refractivity contribution is 0.0618. The van der Waals surface area contributed by atoms with Crippen LogP contribution in [-0.4, -0.2) is 21.4 Å². The van der Waals surface area contributed by atoms with Crippen LogP contribution in [0.15, 0.2) is 66.9 Å². The zero-order chi connectivity index (χ0) is 21.0. The van der Waals surface area contributed by atoms with Crippen LogP contribution in [0.25, 0.3) is 0 Å². The molecule has 5 heteroatoms. The highest BCUT2D eigenvalue weighted by atomic mass is 35.5. The number of carbonyl (C=O) groups excluding carboxylic acids is 1. The molecule has 2 aromatic carbocycles. The third-order valence-corrected chi connectivity index (χ3v) is 5.55. The molecular weight excluding hydrogens is 387 g/mol. The molecule has 1 heterocycles. The quantitative estimate of drug-likeness (QED) is 0.466. The predicted molar refractivity (Wildman–Crippen MR) is 116 cm³/mol. The van der Waals surface area contributed by atoms with Crippen molar-refractivity contribution < 1.29 is 9.18 Å². The van der Waals surface area contributed by atoms with Gasteiger partial charge in [-0.1, -0.05) is 49.7 Å². The Morgan fingerprint density at radius 1 is 1.07 bits per heavy atom. The summed E-state index contributed by atoms with van der Waals surface area (Å²) in [6.07, 6.45) is 1.99. The Morgan fingerprint density at radius 3 is 2.52 bits per heavy atom. The summed E-state index contributed by atoms with van der Waals surface area (Å²) in [5.41, 5.74) is 2.17. The summed E-state index contributed by atoms with van der Waals surface area (Å²) >= 11 is 6.11. The minimum atomic E-state index is -0.493. The van der Waals surface area contributed by atoms with Gasteiger partial charge in [0.15, 0.2) is 0 Å². The van der Waals surface area contributed by atoms with E-state index in [0.29, 0.717) is 18.1 Å². The lowest BCUT2D eigenvalue weighted by Crippen LogP contribution is -2.41. The van der Waals surface area contributed by atoms with Crippen molar-refractivity contribution in [3.63, 3.8) is 0 Å². The van der Waals surface area contributed by atoms with Gasteiger partial charge in [0.1, 0.15) is 5.82 Å². The smallest absolute Gasteiger partial charge is 0.257 e. The van der Waals surface area contributed by atoms with Gasteiger partial charge < -0.3 is 9.47 Å². The van der Waals surface area contributed by atoms with Crippen LogP contribution in [-0.2, 0) is 13.1 Å². The van der Waals surface area contributed by atoms with Gasteiger partial charge in [0.2, 0.25) is 0 Å². The summed E-state index contributed by atoms with van der Waals surface area (Å²) < 4.78 is 16.4. The van der Waals surface area contributed by atoms with E-state index in [1.807, 2.05) is 49.5 Å². The van der Waals surface area contributed by atoms with Crippen molar-refractivity contribution in [1.29, 1.82) is 0 Å². The Labute approximate surface area is 176 Å². The van der Waals surface area contributed by atoms with Crippen LogP contribution in [0, 0.1) is 11.7 Å². The lowest BCUT2D eigenvalue weighted by atomic mass is 10.0. The molecule has 3 aromatic rings. The molecule has 0 bridgehead atoms. The van der Waals surface area contributed by atoms with E-state index in [9.17, 15) is 9.18 Å². The standard InChI is InChI=1S/C24H26ClFN2O/c1-17(2)18(3)28(24(29)22-11-4-5-12-23(22)26)16-21-10-7-13-27(21)15-19-8-6-9-20(25)14-19/h4-14,17-18H,15-16H2,1-3H3. The molecule has 1 amide bonds. The maximum absolute atomic E-state index is 14.3. The molecule has 0 radical (unpaired) electrons. The Morgan fingerprint density at radius 2 is 1.83 bits per heavy atom. The van der Waals surface area contributed by atoms with E-state index in [1.165, 1.54) is 6.07 Å². The number of rotatable bonds is 7. The van der Waals surface area contributed by atoms with E-state index in [2.05, 4.69) is 18.4 Å². The van der Waals surface area contributed by atoms with Crippen LogP contribution in [0.4, 0.5) is 4.39 Å². The van der Waals surface area contributed by atoms with E-state index in [4.69, 9.17) is 11.6 Å².